The second-order valence-corrected chi connectivity index (χ2v) is 6.77. The summed E-state index contributed by atoms with van der Waals surface area (Å²) in [5, 5.41) is 10.8. The molecule has 150 valence electrons. The van der Waals surface area contributed by atoms with Gasteiger partial charge in [-0.15, -0.1) is 0 Å². The molecule has 0 bridgehead atoms. The number of pyridine rings is 1. The van der Waals surface area contributed by atoms with Crippen LogP contribution in [0.2, 0.25) is 0 Å². The Hall–Kier alpha value is -4.07. The summed E-state index contributed by atoms with van der Waals surface area (Å²) in [5.41, 5.74) is 1.63. The Kier molecular flexibility index (Phi) is 4.65. The molecule has 2 N–H and O–H groups in total. The fraction of sp³-hybridized carbons (Fsp3) is 0.136. The summed E-state index contributed by atoms with van der Waals surface area (Å²) in [7, 11) is 0. The zero-order valence-electron chi connectivity index (χ0n) is 15.9. The van der Waals surface area contributed by atoms with Crippen LogP contribution in [0, 0.1) is 0 Å². The molecule has 1 aliphatic rings. The zero-order chi connectivity index (χ0) is 20.3. The fourth-order valence-electron chi connectivity index (χ4n) is 3.25. The number of aromatic nitrogens is 3. The Bertz CT molecular complexity index is 1210. The predicted octanol–water partition coefficient (Wildman–Crippen LogP) is 3.70. The van der Waals surface area contributed by atoms with Crippen molar-refractivity contribution in [2.24, 2.45) is 0 Å². The summed E-state index contributed by atoms with van der Waals surface area (Å²) in [6.45, 7) is 1.04. The first kappa shape index (κ1) is 18.0. The number of hydrogen-bond donors (Lipinski definition) is 2. The highest BCUT2D eigenvalue weighted by Crippen LogP contribution is 2.31. The maximum Gasteiger partial charge on any atom is 0.230 e. The standard InChI is InChI=1S/C22H18N4O4/c27-21(11-14-3-6-19-20(10-14)29-9-8-28-19)24-22-17-12-15(4-5-18(17)25-26-22)30-16-2-1-7-23-13-16/h1-7,10,12-13H,8-9,11H2,(H2,24,25,26,27). The van der Waals surface area contributed by atoms with Crippen LogP contribution >= 0.6 is 0 Å². The van der Waals surface area contributed by atoms with Crippen LogP contribution in [-0.2, 0) is 11.2 Å². The number of hydrogen-bond acceptors (Lipinski definition) is 6. The van der Waals surface area contributed by atoms with Crippen molar-refractivity contribution in [3.05, 3.63) is 66.5 Å². The van der Waals surface area contributed by atoms with E-state index in [1.165, 1.54) is 0 Å². The van der Waals surface area contributed by atoms with Gasteiger partial charge in [-0.25, -0.2) is 0 Å². The third-order valence-electron chi connectivity index (χ3n) is 4.63. The van der Waals surface area contributed by atoms with E-state index in [4.69, 9.17) is 14.2 Å². The Morgan fingerprint density at radius 2 is 1.97 bits per heavy atom. The molecule has 1 amide bonds. The number of carbonyl (C=O) groups excluding carboxylic acids is 1. The minimum absolute atomic E-state index is 0.182. The van der Waals surface area contributed by atoms with Crippen molar-refractivity contribution in [3.63, 3.8) is 0 Å². The molecule has 5 rings (SSSR count). The number of H-pyrrole nitrogens is 1. The molecule has 4 aromatic rings. The van der Waals surface area contributed by atoms with Crippen LogP contribution in [0.4, 0.5) is 5.82 Å². The van der Waals surface area contributed by atoms with Gasteiger partial charge < -0.3 is 19.5 Å². The van der Waals surface area contributed by atoms with E-state index in [-0.39, 0.29) is 12.3 Å². The lowest BCUT2D eigenvalue weighted by atomic mass is 10.1. The number of anilines is 1. The average Bonchev–Trinajstić information content (AvgIpc) is 3.16. The van der Waals surface area contributed by atoms with Crippen LogP contribution in [0.5, 0.6) is 23.0 Å². The molecule has 0 radical (unpaired) electrons. The molecule has 0 aliphatic carbocycles. The molecule has 8 nitrogen and oxygen atoms in total. The summed E-state index contributed by atoms with van der Waals surface area (Å²) in [6.07, 6.45) is 3.51. The maximum absolute atomic E-state index is 12.6. The first-order valence-corrected chi connectivity index (χ1v) is 9.49. The monoisotopic (exact) mass is 402 g/mol. The Labute approximate surface area is 171 Å². The van der Waals surface area contributed by atoms with E-state index in [9.17, 15) is 4.79 Å². The van der Waals surface area contributed by atoms with Crippen LogP contribution in [0.1, 0.15) is 5.56 Å². The van der Waals surface area contributed by atoms with Crippen LogP contribution < -0.4 is 19.5 Å². The molecule has 2 aromatic carbocycles. The third-order valence-corrected chi connectivity index (χ3v) is 4.63. The first-order chi connectivity index (χ1) is 14.7. The number of fused-ring (bicyclic) bond motifs is 2. The molecular weight excluding hydrogens is 384 g/mol. The highest BCUT2D eigenvalue weighted by molar-refractivity contribution is 6.00. The second kappa shape index (κ2) is 7.75. The number of rotatable bonds is 5. The van der Waals surface area contributed by atoms with E-state index >= 15 is 0 Å². The number of amides is 1. The smallest absolute Gasteiger partial charge is 0.230 e. The quantitative estimate of drug-likeness (QED) is 0.528. The summed E-state index contributed by atoms with van der Waals surface area (Å²) in [5.74, 6) is 2.88. The van der Waals surface area contributed by atoms with E-state index in [1.54, 1.807) is 18.5 Å². The molecule has 3 heterocycles. The number of carbonyl (C=O) groups is 1. The van der Waals surface area contributed by atoms with E-state index < -0.39 is 0 Å². The molecule has 30 heavy (non-hydrogen) atoms. The molecule has 0 unspecified atom stereocenters. The highest BCUT2D eigenvalue weighted by atomic mass is 16.6. The number of nitrogens with one attached hydrogen (secondary N) is 2. The summed E-state index contributed by atoms with van der Waals surface area (Å²) >= 11 is 0. The predicted molar refractivity (Wildman–Crippen MR) is 110 cm³/mol. The topological polar surface area (TPSA) is 98.4 Å². The average molecular weight is 402 g/mol. The van der Waals surface area contributed by atoms with E-state index in [0.717, 1.165) is 16.5 Å². The molecule has 0 atom stereocenters. The summed E-state index contributed by atoms with van der Waals surface area (Å²) < 4.78 is 16.9. The van der Waals surface area contributed by atoms with Crippen molar-refractivity contribution in [3.8, 4) is 23.0 Å². The van der Waals surface area contributed by atoms with Gasteiger partial charge in [0.1, 0.15) is 24.7 Å². The van der Waals surface area contributed by atoms with Gasteiger partial charge in [0.15, 0.2) is 17.3 Å². The lowest BCUT2D eigenvalue weighted by Crippen LogP contribution is -2.17. The molecule has 0 spiro atoms. The van der Waals surface area contributed by atoms with Crippen molar-refractivity contribution in [2.75, 3.05) is 18.5 Å². The fourth-order valence-corrected chi connectivity index (χ4v) is 3.25. The Morgan fingerprint density at radius 1 is 1.07 bits per heavy atom. The van der Waals surface area contributed by atoms with Gasteiger partial charge in [-0.1, -0.05) is 6.07 Å². The minimum atomic E-state index is -0.182. The molecule has 2 aromatic heterocycles. The number of aromatic amines is 1. The number of ether oxygens (including phenoxy) is 3. The van der Waals surface area contributed by atoms with Gasteiger partial charge in [-0.2, -0.15) is 5.10 Å². The third kappa shape index (κ3) is 3.75. The Balaban J connectivity index is 1.32. The van der Waals surface area contributed by atoms with Crippen molar-refractivity contribution in [2.45, 2.75) is 6.42 Å². The molecular formula is C22H18N4O4. The normalized spacial score (nSPS) is 12.5. The summed E-state index contributed by atoms with van der Waals surface area (Å²) in [4.78, 5) is 16.6. The lowest BCUT2D eigenvalue weighted by molar-refractivity contribution is -0.115. The lowest BCUT2D eigenvalue weighted by Gasteiger charge is -2.18. The number of benzene rings is 2. The highest BCUT2D eigenvalue weighted by Gasteiger charge is 2.15. The zero-order valence-corrected chi connectivity index (χ0v) is 15.9. The van der Waals surface area contributed by atoms with Gasteiger partial charge in [0, 0.05) is 11.6 Å². The van der Waals surface area contributed by atoms with Crippen LogP contribution in [-0.4, -0.2) is 34.3 Å². The van der Waals surface area contributed by atoms with Gasteiger partial charge in [-0.3, -0.25) is 14.9 Å². The Morgan fingerprint density at radius 3 is 2.83 bits per heavy atom. The molecule has 0 fully saturated rings. The van der Waals surface area contributed by atoms with Crippen LogP contribution in [0.15, 0.2) is 60.9 Å². The van der Waals surface area contributed by atoms with Crippen molar-refractivity contribution < 1.29 is 19.0 Å². The minimum Gasteiger partial charge on any atom is -0.486 e. The van der Waals surface area contributed by atoms with Gasteiger partial charge >= 0.3 is 0 Å². The SMILES string of the molecule is O=C(Cc1ccc2c(c1)OCCO2)Nc1n[nH]c2ccc(Oc3cccnc3)cc12. The van der Waals surface area contributed by atoms with Gasteiger partial charge in [0.25, 0.3) is 0 Å². The van der Waals surface area contributed by atoms with Crippen molar-refractivity contribution in [1.29, 1.82) is 0 Å². The van der Waals surface area contributed by atoms with E-state index in [2.05, 4.69) is 20.5 Å². The van der Waals surface area contributed by atoms with Gasteiger partial charge in [0.05, 0.1) is 18.1 Å². The van der Waals surface area contributed by atoms with E-state index in [0.29, 0.717) is 42.0 Å². The van der Waals surface area contributed by atoms with E-state index in [1.807, 2.05) is 42.5 Å². The first-order valence-electron chi connectivity index (χ1n) is 9.49. The van der Waals surface area contributed by atoms with Gasteiger partial charge in [0.2, 0.25) is 5.91 Å². The van der Waals surface area contributed by atoms with Crippen LogP contribution in [0.25, 0.3) is 10.9 Å². The van der Waals surface area contributed by atoms with Crippen LogP contribution in [0.3, 0.4) is 0 Å². The van der Waals surface area contributed by atoms with Crippen molar-refractivity contribution >= 4 is 22.6 Å². The maximum atomic E-state index is 12.6. The molecule has 1 aliphatic heterocycles. The number of nitrogens with zero attached hydrogens (tertiary/aromatic N) is 2. The second-order valence-electron chi connectivity index (χ2n) is 6.77. The summed E-state index contributed by atoms with van der Waals surface area (Å²) in [6, 6.07) is 14.6. The molecule has 0 saturated heterocycles. The largest absolute Gasteiger partial charge is 0.486 e. The van der Waals surface area contributed by atoms with Gasteiger partial charge in [-0.05, 0) is 48.0 Å². The molecule has 0 saturated carbocycles. The van der Waals surface area contributed by atoms with Crippen molar-refractivity contribution in [1.82, 2.24) is 15.2 Å². The molecule has 8 heteroatoms.